The highest BCUT2D eigenvalue weighted by atomic mass is 19.4. The van der Waals surface area contributed by atoms with Gasteiger partial charge in [-0.1, -0.05) is 0 Å². The van der Waals surface area contributed by atoms with Gasteiger partial charge in [0.25, 0.3) is 0 Å². The Kier molecular flexibility index (Phi) is 6.32. The molecule has 26 heavy (non-hydrogen) atoms. The number of carbonyl (C=O) groups is 2. The van der Waals surface area contributed by atoms with Crippen LogP contribution in [0.5, 0.6) is 0 Å². The van der Waals surface area contributed by atoms with Gasteiger partial charge in [-0.25, -0.2) is 4.79 Å². The molecule has 1 aromatic heterocycles. The Bertz CT molecular complexity index is 756. The smallest absolute Gasteiger partial charge is 0.416 e. The van der Waals surface area contributed by atoms with Crippen molar-refractivity contribution in [2.24, 2.45) is 5.73 Å². The second kappa shape index (κ2) is 7.85. The molecule has 3 N–H and O–H groups in total. The lowest BCUT2D eigenvalue weighted by molar-refractivity contribution is -0.143. The van der Waals surface area contributed by atoms with Crippen LogP contribution >= 0.6 is 0 Å². The van der Waals surface area contributed by atoms with E-state index in [4.69, 9.17) is 10.8 Å². The number of nitrogens with two attached hydrogens (primary N) is 1. The molecule has 0 saturated heterocycles. The maximum absolute atomic E-state index is 12.2. The van der Waals surface area contributed by atoms with E-state index in [1.807, 2.05) is 0 Å². The molecular weight excluding hydrogens is 370 g/mol. The van der Waals surface area contributed by atoms with Crippen LogP contribution in [0.25, 0.3) is 0 Å². The number of rotatable bonds is 2. The summed E-state index contributed by atoms with van der Waals surface area (Å²) in [7, 11) is 0. The molecule has 1 amide bonds. The number of aromatic nitrogens is 1. The predicted octanol–water partition coefficient (Wildman–Crippen LogP) is 3.60. The summed E-state index contributed by atoms with van der Waals surface area (Å²) in [5, 5.41) is 8.43. The van der Waals surface area contributed by atoms with Crippen LogP contribution in [0.3, 0.4) is 0 Å². The number of hydrogen-bond acceptors (Lipinski definition) is 3. The fourth-order valence-corrected chi connectivity index (χ4v) is 1.59. The van der Waals surface area contributed by atoms with Gasteiger partial charge in [0.15, 0.2) is 0 Å². The first-order chi connectivity index (χ1) is 11.8. The number of primary amides is 1. The quantitative estimate of drug-likeness (QED) is 0.779. The summed E-state index contributed by atoms with van der Waals surface area (Å²) in [6.07, 6.45) is -7.02. The maximum atomic E-state index is 12.2. The molecule has 140 valence electrons. The van der Waals surface area contributed by atoms with Gasteiger partial charge in [-0.2, -0.15) is 26.3 Å². The molecule has 0 aliphatic heterocycles. The summed E-state index contributed by atoms with van der Waals surface area (Å²) >= 11 is 0. The van der Waals surface area contributed by atoms with E-state index in [2.05, 4.69) is 4.98 Å². The Morgan fingerprint density at radius 3 is 1.54 bits per heavy atom. The summed E-state index contributed by atoms with van der Waals surface area (Å²) in [5.41, 5.74) is 1.08. The molecule has 0 fully saturated rings. The molecule has 0 bridgehead atoms. The van der Waals surface area contributed by atoms with Crippen molar-refractivity contribution in [2.75, 3.05) is 0 Å². The summed E-state index contributed by atoms with van der Waals surface area (Å²) in [5.74, 6) is -2.28. The molecule has 0 radical (unpaired) electrons. The van der Waals surface area contributed by atoms with Crippen LogP contribution in [0, 0.1) is 0 Å². The molecule has 0 aliphatic rings. The zero-order valence-corrected chi connectivity index (χ0v) is 12.6. The van der Waals surface area contributed by atoms with Crippen molar-refractivity contribution in [1.82, 2.24) is 4.98 Å². The zero-order valence-electron chi connectivity index (χ0n) is 12.6. The molecule has 2 rings (SSSR count). The average molecular weight is 380 g/mol. The van der Waals surface area contributed by atoms with Gasteiger partial charge < -0.3 is 10.8 Å². The monoisotopic (exact) mass is 380 g/mol. The SMILES string of the molecule is NC(=O)c1ccncc1.O=C(O)c1cc(C(F)(F)F)cc(C(F)(F)F)c1. The lowest BCUT2D eigenvalue weighted by Crippen LogP contribution is -2.13. The number of carbonyl (C=O) groups excluding carboxylic acids is 1. The largest absolute Gasteiger partial charge is 0.478 e. The van der Waals surface area contributed by atoms with Crippen LogP contribution in [-0.4, -0.2) is 22.0 Å². The van der Waals surface area contributed by atoms with E-state index in [1.54, 1.807) is 12.1 Å². The standard InChI is InChI=1S/C9H4F6O2.C6H6N2O/c10-8(11,12)5-1-4(7(16)17)2-6(3-5)9(13,14)15;7-6(9)5-1-3-8-4-2-5/h1-3H,(H,16,17);1-4H,(H2,7,9). The molecule has 1 aromatic carbocycles. The fraction of sp³-hybridized carbons (Fsp3) is 0.133. The van der Waals surface area contributed by atoms with Gasteiger partial charge in [-0.05, 0) is 30.3 Å². The van der Waals surface area contributed by atoms with Gasteiger partial charge >= 0.3 is 18.3 Å². The summed E-state index contributed by atoms with van der Waals surface area (Å²) in [6, 6.07) is 3.31. The van der Waals surface area contributed by atoms with Gasteiger partial charge in [-0.3, -0.25) is 9.78 Å². The van der Waals surface area contributed by atoms with Crippen molar-refractivity contribution >= 4 is 11.9 Å². The van der Waals surface area contributed by atoms with Crippen molar-refractivity contribution < 1.29 is 41.0 Å². The minimum atomic E-state index is -5.04. The first-order valence-electron chi connectivity index (χ1n) is 6.55. The van der Waals surface area contributed by atoms with E-state index in [-0.39, 0.29) is 18.2 Å². The molecule has 2 aromatic rings. The highest BCUT2D eigenvalue weighted by Crippen LogP contribution is 2.36. The number of hydrogen-bond donors (Lipinski definition) is 2. The second-order valence-electron chi connectivity index (χ2n) is 4.70. The maximum Gasteiger partial charge on any atom is 0.416 e. The number of aromatic carboxylic acids is 1. The van der Waals surface area contributed by atoms with Crippen molar-refractivity contribution in [3.05, 3.63) is 65.0 Å². The van der Waals surface area contributed by atoms with Crippen LogP contribution in [0.1, 0.15) is 31.8 Å². The molecule has 0 spiro atoms. The van der Waals surface area contributed by atoms with Gasteiger partial charge in [0.2, 0.25) is 5.91 Å². The van der Waals surface area contributed by atoms with E-state index >= 15 is 0 Å². The fourth-order valence-electron chi connectivity index (χ4n) is 1.59. The third-order valence-corrected chi connectivity index (χ3v) is 2.80. The molecule has 5 nitrogen and oxygen atoms in total. The van der Waals surface area contributed by atoms with Crippen molar-refractivity contribution in [3.63, 3.8) is 0 Å². The Balaban J connectivity index is 0.000000314. The van der Waals surface area contributed by atoms with Gasteiger partial charge in [-0.15, -0.1) is 0 Å². The van der Waals surface area contributed by atoms with E-state index < -0.39 is 40.9 Å². The average Bonchev–Trinajstić information content (AvgIpc) is 2.54. The topological polar surface area (TPSA) is 93.3 Å². The minimum absolute atomic E-state index is 0.133. The van der Waals surface area contributed by atoms with Crippen LogP contribution in [0.2, 0.25) is 0 Å². The number of carboxylic acid groups (broad SMARTS) is 1. The minimum Gasteiger partial charge on any atom is -0.478 e. The third-order valence-electron chi connectivity index (χ3n) is 2.80. The zero-order chi connectivity index (χ0) is 20.1. The first kappa shape index (κ1) is 20.9. The number of carboxylic acids is 1. The van der Waals surface area contributed by atoms with Gasteiger partial charge in [0, 0.05) is 18.0 Å². The summed E-state index contributed by atoms with van der Waals surface area (Å²) in [6.45, 7) is 0. The van der Waals surface area contributed by atoms with Crippen LogP contribution in [0.15, 0.2) is 42.7 Å². The van der Waals surface area contributed by atoms with Crippen LogP contribution < -0.4 is 5.73 Å². The third kappa shape index (κ3) is 6.07. The molecule has 0 unspecified atom stereocenters. The van der Waals surface area contributed by atoms with Crippen LogP contribution in [0.4, 0.5) is 26.3 Å². The summed E-state index contributed by atoms with van der Waals surface area (Å²) < 4.78 is 73.4. The number of pyridine rings is 1. The number of amides is 1. The normalized spacial score (nSPS) is 11.3. The number of alkyl halides is 6. The Morgan fingerprint density at radius 2 is 1.27 bits per heavy atom. The molecule has 1 heterocycles. The molecule has 11 heteroatoms. The summed E-state index contributed by atoms with van der Waals surface area (Å²) in [4.78, 5) is 24.5. The lowest BCUT2D eigenvalue weighted by Gasteiger charge is -2.12. The second-order valence-corrected chi connectivity index (χ2v) is 4.70. The van der Waals surface area contributed by atoms with Gasteiger partial charge in [0.1, 0.15) is 0 Å². The van der Waals surface area contributed by atoms with Gasteiger partial charge in [0.05, 0.1) is 16.7 Å². The molecule has 0 saturated carbocycles. The molecule has 0 aliphatic carbocycles. The highest BCUT2D eigenvalue weighted by Gasteiger charge is 2.37. The molecular formula is C15H10F6N2O3. The Hall–Kier alpha value is -3.11. The van der Waals surface area contributed by atoms with Crippen molar-refractivity contribution in [1.29, 1.82) is 0 Å². The highest BCUT2D eigenvalue weighted by molar-refractivity contribution is 5.92. The van der Waals surface area contributed by atoms with Crippen molar-refractivity contribution in [2.45, 2.75) is 12.4 Å². The van der Waals surface area contributed by atoms with Crippen LogP contribution in [-0.2, 0) is 12.4 Å². The first-order valence-corrected chi connectivity index (χ1v) is 6.55. The molecule has 0 atom stereocenters. The Morgan fingerprint density at radius 1 is 0.846 bits per heavy atom. The number of benzene rings is 1. The number of nitrogens with zero attached hydrogens (tertiary/aromatic N) is 1. The van der Waals surface area contributed by atoms with E-state index in [0.29, 0.717) is 5.56 Å². The van der Waals surface area contributed by atoms with E-state index in [0.717, 1.165) is 0 Å². The predicted molar refractivity (Wildman–Crippen MR) is 76.2 cm³/mol. The van der Waals surface area contributed by atoms with Crippen molar-refractivity contribution in [3.8, 4) is 0 Å². The Labute approximate surface area is 142 Å². The van der Waals surface area contributed by atoms with E-state index in [1.165, 1.54) is 12.4 Å². The number of halogens is 6. The lowest BCUT2D eigenvalue weighted by atomic mass is 10.0. The van der Waals surface area contributed by atoms with E-state index in [9.17, 15) is 35.9 Å².